The number of benzene rings is 1. The van der Waals surface area contributed by atoms with Gasteiger partial charge in [0.05, 0.1) is 5.69 Å². The molecule has 2 nitrogen and oxygen atoms in total. The summed E-state index contributed by atoms with van der Waals surface area (Å²) in [5, 5.41) is 0.732. The molecule has 1 aromatic carbocycles. The van der Waals surface area contributed by atoms with Gasteiger partial charge in [-0.2, -0.15) is 0 Å². The van der Waals surface area contributed by atoms with Crippen LogP contribution < -0.4 is 0 Å². The van der Waals surface area contributed by atoms with Gasteiger partial charge in [-0.15, -0.1) is 0 Å². The third kappa shape index (κ3) is 4.09. The second-order valence-corrected chi connectivity index (χ2v) is 5.62. The molecule has 4 heteroatoms. The van der Waals surface area contributed by atoms with Gasteiger partial charge in [-0.1, -0.05) is 39.7 Å². The number of hydrogen-bond donors (Lipinski definition) is 0. The monoisotopic (exact) mass is 324 g/mol. The molecule has 0 aliphatic carbocycles. The average Bonchev–Trinajstić information content (AvgIpc) is 2.28. The van der Waals surface area contributed by atoms with Crippen molar-refractivity contribution in [2.75, 3.05) is 7.05 Å². The van der Waals surface area contributed by atoms with Crippen LogP contribution in [0.5, 0.6) is 0 Å². The van der Waals surface area contributed by atoms with E-state index in [1.54, 1.807) is 12.3 Å². The van der Waals surface area contributed by atoms with Crippen LogP contribution in [0.3, 0.4) is 0 Å². The minimum absolute atomic E-state index is 0.732. The van der Waals surface area contributed by atoms with Gasteiger partial charge in [-0.05, 0) is 36.9 Å². The summed E-state index contributed by atoms with van der Waals surface area (Å²) in [4.78, 5) is 6.51. The van der Waals surface area contributed by atoms with Crippen molar-refractivity contribution < 1.29 is 0 Å². The van der Waals surface area contributed by atoms with Crippen LogP contribution in [-0.4, -0.2) is 16.9 Å². The lowest BCUT2D eigenvalue weighted by atomic mass is 10.2. The zero-order valence-corrected chi connectivity index (χ0v) is 12.4. The maximum atomic E-state index is 5.94. The lowest BCUT2D eigenvalue weighted by molar-refractivity contribution is 0.315. The molecule has 94 valence electrons. The zero-order chi connectivity index (χ0) is 13.0. The van der Waals surface area contributed by atoms with E-state index in [4.69, 9.17) is 11.6 Å². The highest BCUT2D eigenvalue weighted by Crippen LogP contribution is 2.14. The van der Waals surface area contributed by atoms with Crippen molar-refractivity contribution in [1.29, 1.82) is 0 Å². The van der Waals surface area contributed by atoms with Crippen molar-refractivity contribution in [3.63, 3.8) is 0 Å². The third-order valence-electron chi connectivity index (χ3n) is 2.55. The normalized spacial score (nSPS) is 10.9. The molecule has 0 saturated heterocycles. The largest absolute Gasteiger partial charge is 0.296 e. The fraction of sp³-hybridized carbons (Fsp3) is 0.214. The average molecular weight is 326 g/mol. The van der Waals surface area contributed by atoms with Crippen molar-refractivity contribution >= 4 is 27.5 Å². The predicted molar refractivity (Wildman–Crippen MR) is 78.6 cm³/mol. The van der Waals surface area contributed by atoms with Crippen molar-refractivity contribution in [2.45, 2.75) is 13.1 Å². The first-order chi connectivity index (χ1) is 8.63. The number of pyridine rings is 1. The van der Waals surface area contributed by atoms with Crippen LogP contribution in [-0.2, 0) is 13.1 Å². The molecule has 1 aromatic heterocycles. The molecular weight excluding hydrogens is 312 g/mol. The first kappa shape index (κ1) is 13.5. The van der Waals surface area contributed by atoms with E-state index in [9.17, 15) is 0 Å². The molecule has 0 bridgehead atoms. The summed E-state index contributed by atoms with van der Waals surface area (Å²) >= 11 is 9.42. The van der Waals surface area contributed by atoms with Crippen LogP contribution in [0.25, 0.3) is 0 Å². The highest BCUT2D eigenvalue weighted by atomic mass is 79.9. The van der Waals surface area contributed by atoms with Gasteiger partial charge < -0.3 is 0 Å². The molecule has 0 aliphatic heterocycles. The molecule has 0 N–H and O–H groups in total. The maximum Gasteiger partial charge on any atom is 0.0558 e. The van der Waals surface area contributed by atoms with E-state index in [2.05, 4.69) is 45.0 Å². The van der Waals surface area contributed by atoms with E-state index in [1.807, 2.05) is 18.2 Å². The number of nitrogens with zero attached hydrogens (tertiary/aromatic N) is 2. The molecule has 0 atom stereocenters. The van der Waals surface area contributed by atoms with Crippen molar-refractivity contribution in [1.82, 2.24) is 9.88 Å². The Hall–Kier alpha value is -0.900. The standard InChI is InChI=1S/C14H14BrClN2/c1-18(9-11-3-2-4-12(15)7-11)10-14-8-13(16)5-6-17-14/h2-8H,9-10H2,1H3. The minimum atomic E-state index is 0.732. The van der Waals surface area contributed by atoms with Crippen LogP contribution >= 0.6 is 27.5 Å². The quantitative estimate of drug-likeness (QED) is 0.840. The smallest absolute Gasteiger partial charge is 0.0558 e. The summed E-state index contributed by atoms with van der Waals surface area (Å²) < 4.78 is 1.11. The van der Waals surface area contributed by atoms with E-state index in [-0.39, 0.29) is 0 Å². The van der Waals surface area contributed by atoms with Gasteiger partial charge in [0, 0.05) is 28.8 Å². The van der Waals surface area contributed by atoms with Crippen molar-refractivity contribution in [2.24, 2.45) is 0 Å². The van der Waals surface area contributed by atoms with Gasteiger partial charge in [0.15, 0.2) is 0 Å². The van der Waals surface area contributed by atoms with Crippen LogP contribution in [0.4, 0.5) is 0 Å². The number of rotatable bonds is 4. The molecule has 1 heterocycles. The second kappa shape index (κ2) is 6.32. The first-order valence-corrected chi connectivity index (χ1v) is 6.84. The molecular formula is C14H14BrClN2. The van der Waals surface area contributed by atoms with Gasteiger partial charge >= 0.3 is 0 Å². The number of halogens is 2. The van der Waals surface area contributed by atoms with Gasteiger partial charge in [0.25, 0.3) is 0 Å². The fourth-order valence-corrected chi connectivity index (χ4v) is 2.44. The number of hydrogen-bond acceptors (Lipinski definition) is 2. The highest BCUT2D eigenvalue weighted by Gasteiger charge is 2.03. The molecule has 0 fully saturated rings. The molecule has 0 radical (unpaired) electrons. The summed E-state index contributed by atoms with van der Waals surface area (Å²) in [7, 11) is 2.07. The fourth-order valence-electron chi connectivity index (χ4n) is 1.81. The van der Waals surface area contributed by atoms with E-state index in [0.29, 0.717) is 0 Å². The van der Waals surface area contributed by atoms with Crippen LogP contribution in [0.2, 0.25) is 5.02 Å². The highest BCUT2D eigenvalue weighted by molar-refractivity contribution is 9.10. The topological polar surface area (TPSA) is 16.1 Å². The minimum Gasteiger partial charge on any atom is -0.296 e. The first-order valence-electron chi connectivity index (χ1n) is 5.67. The van der Waals surface area contributed by atoms with Crippen LogP contribution in [0.1, 0.15) is 11.3 Å². The Kier molecular flexibility index (Phi) is 4.75. The molecule has 0 aliphatic rings. The lowest BCUT2D eigenvalue weighted by Gasteiger charge is -2.16. The Morgan fingerprint density at radius 2 is 2.06 bits per heavy atom. The molecule has 2 aromatic rings. The summed E-state index contributed by atoms with van der Waals surface area (Å²) in [5.74, 6) is 0. The van der Waals surface area contributed by atoms with Gasteiger partial charge in [0.2, 0.25) is 0 Å². The molecule has 0 saturated carbocycles. The van der Waals surface area contributed by atoms with Gasteiger partial charge in [-0.25, -0.2) is 0 Å². The lowest BCUT2D eigenvalue weighted by Crippen LogP contribution is -2.17. The maximum absolute atomic E-state index is 5.94. The van der Waals surface area contributed by atoms with Crippen molar-refractivity contribution in [3.8, 4) is 0 Å². The Bertz CT molecular complexity index is 483. The summed E-state index contributed by atoms with van der Waals surface area (Å²) in [5.41, 5.74) is 2.26. The summed E-state index contributed by atoms with van der Waals surface area (Å²) in [6, 6.07) is 12.0. The van der Waals surface area contributed by atoms with Crippen molar-refractivity contribution in [3.05, 3.63) is 63.3 Å². The van der Waals surface area contributed by atoms with E-state index < -0.39 is 0 Å². The van der Waals surface area contributed by atoms with E-state index in [1.165, 1.54) is 5.56 Å². The molecule has 2 rings (SSSR count). The molecule has 0 spiro atoms. The Balaban J connectivity index is 1.98. The van der Waals surface area contributed by atoms with Crippen LogP contribution in [0.15, 0.2) is 47.1 Å². The number of aromatic nitrogens is 1. The molecule has 18 heavy (non-hydrogen) atoms. The SMILES string of the molecule is CN(Cc1cccc(Br)c1)Cc1cc(Cl)ccn1. The summed E-state index contributed by atoms with van der Waals surface area (Å²) in [6.07, 6.45) is 1.74. The molecule has 0 unspecified atom stereocenters. The summed E-state index contributed by atoms with van der Waals surface area (Å²) in [6.45, 7) is 1.67. The third-order valence-corrected chi connectivity index (χ3v) is 3.28. The molecule has 0 amide bonds. The van der Waals surface area contributed by atoms with Gasteiger partial charge in [-0.3, -0.25) is 9.88 Å². The Morgan fingerprint density at radius 3 is 2.78 bits per heavy atom. The van der Waals surface area contributed by atoms with E-state index in [0.717, 1.165) is 28.3 Å². The Morgan fingerprint density at radius 1 is 1.22 bits per heavy atom. The van der Waals surface area contributed by atoms with E-state index >= 15 is 0 Å². The van der Waals surface area contributed by atoms with Gasteiger partial charge in [0.1, 0.15) is 0 Å². The zero-order valence-electron chi connectivity index (χ0n) is 10.1. The Labute approximate surface area is 121 Å². The predicted octanol–water partition coefficient (Wildman–Crippen LogP) is 4.13. The second-order valence-electron chi connectivity index (χ2n) is 4.27. The van der Waals surface area contributed by atoms with Crippen LogP contribution in [0, 0.1) is 0 Å².